The van der Waals surface area contributed by atoms with Crippen molar-refractivity contribution >= 4 is 5.91 Å². The highest BCUT2D eigenvalue weighted by Crippen LogP contribution is 2.25. The van der Waals surface area contributed by atoms with E-state index < -0.39 is 0 Å². The number of benzene rings is 2. The fraction of sp³-hybridized carbons (Fsp3) is 0.304. The van der Waals surface area contributed by atoms with Gasteiger partial charge in [0.15, 0.2) is 0 Å². The number of aromatic nitrogens is 2. The molecule has 6 nitrogen and oxygen atoms in total. The summed E-state index contributed by atoms with van der Waals surface area (Å²) in [5.41, 5.74) is 9.70. The van der Waals surface area contributed by atoms with Crippen LogP contribution in [0, 0.1) is 0 Å². The second kappa shape index (κ2) is 9.03. The van der Waals surface area contributed by atoms with E-state index in [2.05, 4.69) is 27.4 Å². The molecule has 2 atom stereocenters. The van der Waals surface area contributed by atoms with Crippen LogP contribution < -0.4 is 11.1 Å². The summed E-state index contributed by atoms with van der Waals surface area (Å²) in [6.07, 6.45) is 4.61. The summed E-state index contributed by atoms with van der Waals surface area (Å²) >= 11 is 0. The normalized spacial score (nSPS) is 19.3. The fourth-order valence-corrected chi connectivity index (χ4v) is 3.91. The molecule has 0 bridgehead atoms. The van der Waals surface area contributed by atoms with Crippen molar-refractivity contribution in [2.75, 3.05) is 26.2 Å². The molecule has 2 heterocycles. The van der Waals surface area contributed by atoms with E-state index in [-0.39, 0.29) is 17.9 Å². The smallest absolute Gasteiger partial charge is 0.234 e. The zero-order valence-electron chi connectivity index (χ0n) is 16.4. The van der Waals surface area contributed by atoms with E-state index in [4.69, 9.17) is 5.73 Å². The largest absolute Gasteiger partial charge is 0.355 e. The minimum absolute atomic E-state index is 0.0429. The Kier molecular flexibility index (Phi) is 6.03. The molecule has 1 saturated heterocycles. The Hall–Kier alpha value is -2.96. The zero-order valence-corrected chi connectivity index (χ0v) is 16.4. The van der Waals surface area contributed by atoms with Gasteiger partial charge in [-0.1, -0.05) is 48.5 Å². The van der Waals surface area contributed by atoms with Crippen molar-refractivity contribution in [3.05, 3.63) is 84.2 Å². The Balaban J connectivity index is 1.22. The van der Waals surface area contributed by atoms with Crippen LogP contribution in [0.1, 0.15) is 17.0 Å². The first-order chi connectivity index (χ1) is 14.2. The first kappa shape index (κ1) is 19.4. The summed E-state index contributed by atoms with van der Waals surface area (Å²) in [6, 6.07) is 20.4. The van der Waals surface area contributed by atoms with E-state index in [1.54, 1.807) is 0 Å². The van der Waals surface area contributed by atoms with E-state index >= 15 is 0 Å². The predicted octanol–water partition coefficient (Wildman–Crippen LogP) is 1.96. The third-order valence-electron chi connectivity index (χ3n) is 5.43. The summed E-state index contributed by atoms with van der Waals surface area (Å²) in [5.74, 6) is 0.328. The predicted molar refractivity (Wildman–Crippen MR) is 114 cm³/mol. The van der Waals surface area contributed by atoms with Gasteiger partial charge in [-0.3, -0.25) is 9.69 Å². The lowest BCUT2D eigenvalue weighted by molar-refractivity contribution is -0.122. The number of carbonyl (C=O) groups excluding carboxylic acids is 1. The lowest BCUT2D eigenvalue weighted by Gasteiger charge is -2.15. The van der Waals surface area contributed by atoms with E-state index in [1.807, 2.05) is 65.6 Å². The van der Waals surface area contributed by atoms with E-state index in [1.165, 1.54) is 5.56 Å². The molecule has 4 rings (SSSR count). The molecule has 3 aromatic rings. The number of rotatable bonds is 7. The molecule has 150 valence electrons. The number of amides is 1. The van der Waals surface area contributed by atoms with Crippen LogP contribution in [0.2, 0.25) is 0 Å². The molecule has 1 amide bonds. The zero-order chi connectivity index (χ0) is 20.1. The average Bonchev–Trinajstić information content (AvgIpc) is 3.36. The summed E-state index contributed by atoms with van der Waals surface area (Å²) < 4.78 is 1.85. The second-order valence-electron chi connectivity index (χ2n) is 7.60. The highest BCUT2D eigenvalue weighted by molar-refractivity contribution is 5.78. The first-order valence-electron chi connectivity index (χ1n) is 10.1. The Morgan fingerprint density at radius 1 is 1.07 bits per heavy atom. The molecule has 2 aromatic carbocycles. The fourth-order valence-electron chi connectivity index (χ4n) is 3.91. The van der Waals surface area contributed by atoms with Crippen LogP contribution in [0.4, 0.5) is 0 Å². The van der Waals surface area contributed by atoms with Gasteiger partial charge in [0, 0.05) is 37.8 Å². The number of nitrogens with two attached hydrogens (primary N) is 1. The minimum Gasteiger partial charge on any atom is -0.355 e. The maximum atomic E-state index is 12.4. The molecular weight excluding hydrogens is 362 g/mol. The second-order valence-corrected chi connectivity index (χ2v) is 7.60. The number of carbonyl (C=O) groups is 1. The molecule has 29 heavy (non-hydrogen) atoms. The highest BCUT2D eigenvalue weighted by atomic mass is 16.2. The maximum Gasteiger partial charge on any atom is 0.234 e. The molecular formula is C23H27N5O. The molecule has 0 radical (unpaired) electrons. The molecule has 0 aliphatic carbocycles. The maximum absolute atomic E-state index is 12.4. The number of para-hydroxylation sites is 1. The molecule has 1 aliphatic heterocycles. The number of hydrogen-bond donors (Lipinski definition) is 2. The van der Waals surface area contributed by atoms with Gasteiger partial charge in [0.25, 0.3) is 0 Å². The third-order valence-corrected chi connectivity index (χ3v) is 5.43. The molecule has 6 heteroatoms. The van der Waals surface area contributed by atoms with Gasteiger partial charge in [-0.25, -0.2) is 4.68 Å². The van der Waals surface area contributed by atoms with Gasteiger partial charge < -0.3 is 11.1 Å². The summed E-state index contributed by atoms with van der Waals surface area (Å²) in [6.45, 7) is 2.56. The van der Waals surface area contributed by atoms with Crippen molar-refractivity contribution in [2.45, 2.75) is 18.4 Å². The van der Waals surface area contributed by atoms with Gasteiger partial charge in [0.1, 0.15) is 0 Å². The summed E-state index contributed by atoms with van der Waals surface area (Å²) in [7, 11) is 0. The minimum atomic E-state index is 0.0429. The molecule has 1 aliphatic rings. The summed E-state index contributed by atoms with van der Waals surface area (Å²) in [4.78, 5) is 14.5. The molecule has 0 unspecified atom stereocenters. The Bertz CT molecular complexity index is 925. The van der Waals surface area contributed by atoms with Crippen molar-refractivity contribution < 1.29 is 4.79 Å². The van der Waals surface area contributed by atoms with Crippen LogP contribution in [0.3, 0.4) is 0 Å². The Labute approximate surface area is 171 Å². The third kappa shape index (κ3) is 4.91. The van der Waals surface area contributed by atoms with Gasteiger partial charge in [0.05, 0.1) is 18.4 Å². The molecule has 1 fully saturated rings. The number of likely N-dealkylation sites (tertiary alicyclic amines) is 1. The monoisotopic (exact) mass is 389 g/mol. The SMILES string of the molecule is N[C@@H]1CN(CC(=O)NCCc2cnn(-c3ccccc3)c2)C[C@H]1c1ccccc1. The van der Waals surface area contributed by atoms with E-state index in [0.29, 0.717) is 13.1 Å². The van der Waals surface area contributed by atoms with Crippen molar-refractivity contribution in [3.8, 4) is 5.69 Å². The molecule has 0 spiro atoms. The van der Waals surface area contributed by atoms with Crippen LogP contribution in [-0.4, -0.2) is 52.8 Å². The Morgan fingerprint density at radius 3 is 2.55 bits per heavy atom. The van der Waals surface area contributed by atoms with Gasteiger partial charge >= 0.3 is 0 Å². The Morgan fingerprint density at radius 2 is 1.79 bits per heavy atom. The highest BCUT2D eigenvalue weighted by Gasteiger charge is 2.31. The van der Waals surface area contributed by atoms with Crippen molar-refractivity contribution in [1.29, 1.82) is 0 Å². The summed E-state index contributed by atoms with van der Waals surface area (Å²) in [5, 5.41) is 7.41. The number of nitrogens with zero attached hydrogens (tertiary/aromatic N) is 3. The van der Waals surface area contributed by atoms with Crippen molar-refractivity contribution in [3.63, 3.8) is 0 Å². The molecule has 1 aromatic heterocycles. The van der Waals surface area contributed by atoms with E-state index in [0.717, 1.165) is 30.8 Å². The standard InChI is InChI=1S/C23H27N5O/c24-22-16-27(15-21(22)19-7-3-1-4-8-19)17-23(29)25-12-11-18-13-26-28(14-18)20-9-5-2-6-10-20/h1-10,13-14,21-22H,11-12,15-17,24H2,(H,25,29)/t21-,22+/m0/s1. The van der Waals surface area contributed by atoms with Crippen LogP contribution in [0.15, 0.2) is 73.1 Å². The van der Waals surface area contributed by atoms with E-state index in [9.17, 15) is 4.79 Å². The molecule has 3 N–H and O–H groups in total. The lowest BCUT2D eigenvalue weighted by atomic mass is 9.95. The van der Waals surface area contributed by atoms with Gasteiger partial charge in [-0.05, 0) is 29.7 Å². The average molecular weight is 390 g/mol. The van der Waals surface area contributed by atoms with Crippen LogP contribution in [0.5, 0.6) is 0 Å². The van der Waals surface area contributed by atoms with Crippen LogP contribution >= 0.6 is 0 Å². The molecule has 0 saturated carbocycles. The quantitative estimate of drug-likeness (QED) is 0.648. The number of nitrogens with one attached hydrogen (secondary N) is 1. The van der Waals surface area contributed by atoms with Gasteiger partial charge in [-0.15, -0.1) is 0 Å². The number of hydrogen-bond acceptors (Lipinski definition) is 4. The van der Waals surface area contributed by atoms with Crippen LogP contribution in [-0.2, 0) is 11.2 Å². The lowest BCUT2D eigenvalue weighted by Crippen LogP contribution is -2.38. The van der Waals surface area contributed by atoms with Crippen molar-refractivity contribution in [2.24, 2.45) is 5.73 Å². The van der Waals surface area contributed by atoms with Gasteiger partial charge in [0.2, 0.25) is 5.91 Å². The first-order valence-corrected chi connectivity index (χ1v) is 10.1. The van der Waals surface area contributed by atoms with Crippen LogP contribution in [0.25, 0.3) is 5.69 Å². The topological polar surface area (TPSA) is 76.2 Å². The van der Waals surface area contributed by atoms with Gasteiger partial charge in [-0.2, -0.15) is 5.10 Å². The van der Waals surface area contributed by atoms with Crippen molar-refractivity contribution in [1.82, 2.24) is 20.0 Å².